The zero-order chi connectivity index (χ0) is 19.9. The lowest BCUT2D eigenvalue weighted by Crippen LogP contribution is -2.48. The lowest BCUT2D eigenvalue weighted by Gasteiger charge is -2.41. The predicted molar refractivity (Wildman–Crippen MR) is 116 cm³/mol. The van der Waals surface area contributed by atoms with Crippen molar-refractivity contribution in [1.29, 1.82) is 0 Å². The Labute approximate surface area is 166 Å². The smallest absolute Gasteiger partial charge is 0.130 e. The van der Waals surface area contributed by atoms with Gasteiger partial charge >= 0.3 is 0 Å². The van der Waals surface area contributed by atoms with E-state index < -0.39 is 5.60 Å². The predicted octanol–water partition coefficient (Wildman–Crippen LogP) is 5.85. The molecule has 0 heterocycles. The summed E-state index contributed by atoms with van der Waals surface area (Å²) in [6.45, 7) is 6.91. The van der Waals surface area contributed by atoms with Gasteiger partial charge in [0.1, 0.15) is 5.60 Å². The van der Waals surface area contributed by atoms with E-state index in [9.17, 15) is 5.11 Å². The van der Waals surface area contributed by atoms with E-state index in [0.29, 0.717) is 5.41 Å². The number of benzene rings is 2. The largest absolute Gasteiger partial charge is 0.379 e. The molecule has 27 heavy (non-hydrogen) atoms. The molecule has 0 unspecified atom stereocenters. The number of nitrogens with zero attached hydrogens (tertiary/aromatic N) is 1. The number of hydrogen-bond donors (Lipinski definition) is 1. The molecular weight excluding hydrogens is 330 g/mol. The number of hydrogen-bond acceptors (Lipinski definition) is 2. The third kappa shape index (κ3) is 5.92. The summed E-state index contributed by atoms with van der Waals surface area (Å²) in [5, 5.41) is 12.0. The van der Waals surface area contributed by atoms with E-state index in [1.54, 1.807) is 0 Å². The van der Waals surface area contributed by atoms with Crippen molar-refractivity contribution in [2.24, 2.45) is 5.41 Å². The maximum atomic E-state index is 12.0. The highest BCUT2D eigenvalue weighted by Gasteiger charge is 2.40. The minimum absolute atomic E-state index is 0.0249. The second-order valence-corrected chi connectivity index (χ2v) is 9.14. The minimum Gasteiger partial charge on any atom is -0.379 e. The molecule has 2 rings (SSSR count). The summed E-state index contributed by atoms with van der Waals surface area (Å²) >= 11 is 0. The molecule has 0 saturated heterocycles. The Morgan fingerprint density at radius 1 is 0.778 bits per heavy atom. The molecule has 0 spiro atoms. The molecule has 2 nitrogen and oxygen atoms in total. The SMILES string of the molecule is CN(C)[C@@H](CCCCCC(C)(C)C)C(O)(c1ccccc1)c1ccccc1. The zero-order valence-electron chi connectivity index (χ0n) is 17.8. The van der Waals surface area contributed by atoms with Crippen LogP contribution in [0.5, 0.6) is 0 Å². The van der Waals surface area contributed by atoms with Gasteiger partial charge in [-0.2, -0.15) is 0 Å². The number of aliphatic hydroxyl groups is 1. The van der Waals surface area contributed by atoms with E-state index in [1.165, 1.54) is 19.3 Å². The lowest BCUT2D eigenvalue weighted by molar-refractivity contribution is -0.00814. The quantitative estimate of drug-likeness (QED) is 0.562. The third-order valence-corrected chi connectivity index (χ3v) is 5.44. The first-order chi connectivity index (χ1) is 12.7. The molecular formula is C25H37NO. The van der Waals surface area contributed by atoms with Crippen LogP contribution < -0.4 is 0 Å². The molecule has 0 amide bonds. The van der Waals surface area contributed by atoms with Gasteiger partial charge in [0.15, 0.2) is 0 Å². The van der Waals surface area contributed by atoms with Gasteiger partial charge in [-0.1, -0.05) is 101 Å². The van der Waals surface area contributed by atoms with Crippen molar-refractivity contribution in [3.8, 4) is 0 Å². The van der Waals surface area contributed by atoms with E-state index in [4.69, 9.17) is 0 Å². The van der Waals surface area contributed by atoms with Crippen LogP contribution in [0.25, 0.3) is 0 Å². The Hall–Kier alpha value is -1.64. The monoisotopic (exact) mass is 367 g/mol. The third-order valence-electron chi connectivity index (χ3n) is 5.44. The summed E-state index contributed by atoms with van der Waals surface area (Å²) in [7, 11) is 4.16. The fourth-order valence-electron chi connectivity index (χ4n) is 3.95. The van der Waals surface area contributed by atoms with Gasteiger partial charge in [-0.25, -0.2) is 0 Å². The highest BCUT2D eigenvalue weighted by molar-refractivity contribution is 5.38. The van der Waals surface area contributed by atoms with Crippen LogP contribution in [-0.2, 0) is 5.60 Å². The Morgan fingerprint density at radius 2 is 1.26 bits per heavy atom. The van der Waals surface area contributed by atoms with Crippen molar-refractivity contribution >= 4 is 0 Å². The zero-order valence-corrected chi connectivity index (χ0v) is 17.8. The van der Waals surface area contributed by atoms with Gasteiger partial charge < -0.3 is 10.0 Å². The molecule has 0 aromatic heterocycles. The standard InChI is InChI=1S/C25H37NO/c1-24(2,3)20-14-8-13-19-23(26(4)5)25(27,21-15-9-6-10-16-21)22-17-11-7-12-18-22/h6-7,9-12,15-18,23,27H,8,13-14,19-20H2,1-5H3/t23-/m0/s1. The van der Waals surface area contributed by atoms with Crippen LogP contribution in [0.4, 0.5) is 0 Å². The van der Waals surface area contributed by atoms with E-state index >= 15 is 0 Å². The highest BCUT2D eigenvalue weighted by Crippen LogP contribution is 2.37. The fraction of sp³-hybridized carbons (Fsp3) is 0.520. The van der Waals surface area contributed by atoms with Gasteiger partial charge in [-0.05, 0) is 43.5 Å². The van der Waals surface area contributed by atoms with Crippen molar-refractivity contribution in [1.82, 2.24) is 4.90 Å². The summed E-state index contributed by atoms with van der Waals surface area (Å²) in [5.41, 5.74) is 1.31. The number of rotatable bonds is 9. The molecule has 148 valence electrons. The first-order valence-corrected chi connectivity index (χ1v) is 10.2. The van der Waals surface area contributed by atoms with Gasteiger partial charge in [0, 0.05) is 6.04 Å². The van der Waals surface area contributed by atoms with E-state index in [1.807, 2.05) is 60.7 Å². The topological polar surface area (TPSA) is 23.5 Å². The fourth-order valence-corrected chi connectivity index (χ4v) is 3.95. The van der Waals surface area contributed by atoms with Gasteiger partial charge in [-0.15, -0.1) is 0 Å². The van der Waals surface area contributed by atoms with Crippen LogP contribution in [0.1, 0.15) is 64.0 Å². The summed E-state index contributed by atoms with van der Waals surface area (Å²) in [4.78, 5) is 2.18. The molecule has 0 aliphatic heterocycles. The Kier molecular flexibility index (Phi) is 7.64. The van der Waals surface area contributed by atoms with Crippen LogP contribution >= 0.6 is 0 Å². The number of likely N-dealkylation sites (N-methyl/N-ethyl adjacent to an activating group) is 1. The average Bonchev–Trinajstić information content (AvgIpc) is 2.64. The van der Waals surface area contributed by atoms with Crippen LogP contribution in [-0.4, -0.2) is 30.1 Å². The van der Waals surface area contributed by atoms with Crippen molar-refractivity contribution in [2.75, 3.05) is 14.1 Å². The molecule has 2 aromatic carbocycles. The highest BCUT2D eigenvalue weighted by atomic mass is 16.3. The molecule has 0 bridgehead atoms. The van der Waals surface area contributed by atoms with Gasteiger partial charge in [-0.3, -0.25) is 0 Å². The first kappa shape index (κ1) is 21.7. The lowest BCUT2D eigenvalue weighted by atomic mass is 9.77. The second kappa shape index (κ2) is 9.52. The molecule has 1 atom stereocenters. The Balaban J connectivity index is 2.23. The number of unbranched alkanes of at least 4 members (excludes halogenated alkanes) is 2. The van der Waals surface area contributed by atoms with Crippen LogP contribution in [0.15, 0.2) is 60.7 Å². The van der Waals surface area contributed by atoms with Crippen LogP contribution in [0.2, 0.25) is 0 Å². The molecule has 1 N–H and O–H groups in total. The Morgan fingerprint density at radius 3 is 1.67 bits per heavy atom. The van der Waals surface area contributed by atoms with E-state index in [-0.39, 0.29) is 6.04 Å². The first-order valence-electron chi connectivity index (χ1n) is 10.2. The van der Waals surface area contributed by atoms with Crippen molar-refractivity contribution in [3.05, 3.63) is 71.8 Å². The van der Waals surface area contributed by atoms with Crippen LogP contribution in [0, 0.1) is 5.41 Å². The average molecular weight is 368 g/mol. The second-order valence-electron chi connectivity index (χ2n) is 9.14. The molecule has 0 saturated carbocycles. The van der Waals surface area contributed by atoms with Crippen molar-refractivity contribution in [2.45, 2.75) is 64.5 Å². The molecule has 2 heteroatoms. The molecule has 2 aromatic rings. The maximum Gasteiger partial charge on any atom is 0.130 e. The minimum atomic E-state index is -1.02. The van der Waals surface area contributed by atoms with Crippen LogP contribution in [0.3, 0.4) is 0 Å². The van der Waals surface area contributed by atoms with Gasteiger partial charge in [0.2, 0.25) is 0 Å². The van der Waals surface area contributed by atoms with Gasteiger partial charge in [0.25, 0.3) is 0 Å². The van der Waals surface area contributed by atoms with Gasteiger partial charge in [0.05, 0.1) is 0 Å². The summed E-state index contributed by atoms with van der Waals surface area (Å²) in [6, 6.07) is 20.3. The molecule has 0 fully saturated rings. The summed E-state index contributed by atoms with van der Waals surface area (Å²) in [5.74, 6) is 0. The summed E-state index contributed by atoms with van der Waals surface area (Å²) < 4.78 is 0. The molecule has 0 aliphatic carbocycles. The van der Waals surface area contributed by atoms with Crippen molar-refractivity contribution in [3.63, 3.8) is 0 Å². The Bertz CT molecular complexity index is 618. The van der Waals surface area contributed by atoms with Crippen molar-refractivity contribution < 1.29 is 5.11 Å². The van der Waals surface area contributed by atoms with E-state index in [0.717, 1.165) is 24.0 Å². The summed E-state index contributed by atoms with van der Waals surface area (Å²) in [6.07, 6.45) is 5.81. The molecule has 0 radical (unpaired) electrons. The normalized spacial score (nSPS) is 13.7. The molecule has 0 aliphatic rings. The maximum absolute atomic E-state index is 12.0. The van der Waals surface area contributed by atoms with E-state index in [2.05, 4.69) is 39.8 Å².